The highest BCUT2D eigenvalue weighted by atomic mass is 32.2. The van der Waals surface area contributed by atoms with Crippen LogP contribution in [0, 0.1) is 35.3 Å². The molecule has 0 radical (unpaired) electrons. The molecular formula is C21H25N5O5S. The SMILES string of the molecule is CCCn1c(C)cc(/C=C(/C#N)C(=O)NCCNS(=O)(=O)c2cccc([N+](=O)[O-])c2)c1C. The van der Waals surface area contributed by atoms with Crippen molar-refractivity contribution >= 4 is 27.7 Å². The normalized spacial score (nSPS) is 11.8. The van der Waals surface area contributed by atoms with E-state index >= 15 is 0 Å². The van der Waals surface area contributed by atoms with Gasteiger partial charge in [-0.25, -0.2) is 13.1 Å². The second kappa shape index (κ2) is 10.7. The van der Waals surface area contributed by atoms with Gasteiger partial charge in [-0.2, -0.15) is 5.26 Å². The van der Waals surface area contributed by atoms with E-state index in [1.165, 1.54) is 24.3 Å². The quantitative estimate of drug-likeness (QED) is 0.183. The molecule has 1 aromatic heterocycles. The number of nitro groups is 1. The number of hydrogen-bond acceptors (Lipinski definition) is 6. The first-order valence-corrected chi connectivity index (χ1v) is 11.4. The van der Waals surface area contributed by atoms with E-state index < -0.39 is 20.9 Å². The van der Waals surface area contributed by atoms with Gasteiger partial charge in [0.15, 0.2) is 0 Å². The number of nitrogens with zero attached hydrogens (tertiary/aromatic N) is 3. The zero-order valence-electron chi connectivity index (χ0n) is 18.1. The van der Waals surface area contributed by atoms with Gasteiger partial charge in [0.1, 0.15) is 11.6 Å². The minimum Gasteiger partial charge on any atom is -0.350 e. The smallest absolute Gasteiger partial charge is 0.270 e. The van der Waals surface area contributed by atoms with Crippen LogP contribution < -0.4 is 10.0 Å². The standard InChI is InChI=1S/C21H25N5O5S/c1-4-10-25-15(2)11-17(16(25)3)12-18(14-22)21(27)23-8-9-24-32(30,31)20-7-5-6-19(13-20)26(28)29/h5-7,11-13,24H,4,8-10H2,1-3H3,(H,23,27)/b18-12-. The summed E-state index contributed by atoms with van der Waals surface area (Å²) in [4.78, 5) is 22.2. The Bertz CT molecular complexity index is 1190. The van der Waals surface area contributed by atoms with Gasteiger partial charge in [-0.3, -0.25) is 14.9 Å². The third-order valence-electron chi connectivity index (χ3n) is 4.77. The highest BCUT2D eigenvalue weighted by molar-refractivity contribution is 7.89. The van der Waals surface area contributed by atoms with Crippen molar-refractivity contribution in [3.63, 3.8) is 0 Å². The van der Waals surface area contributed by atoms with E-state index in [0.29, 0.717) is 0 Å². The molecule has 0 bridgehead atoms. The maximum Gasteiger partial charge on any atom is 0.270 e. The number of benzene rings is 1. The Labute approximate surface area is 186 Å². The maximum atomic E-state index is 12.4. The predicted molar refractivity (Wildman–Crippen MR) is 119 cm³/mol. The molecule has 0 saturated heterocycles. The number of carbonyl (C=O) groups excluding carboxylic acids is 1. The highest BCUT2D eigenvalue weighted by Crippen LogP contribution is 2.19. The van der Waals surface area contributed by atoms with Crippen LogP contribution in [0.3, 0.4) is 0 Å². The summed E-state index contributed by atoms with van der Waals surface area (Å²) in [7, 11) is -3.99. The van der Waals surface area contributed by atoms with E-state index in [4.69, 9.17) is 0 Å². The molecule has 10 nitrogen and oxygen atoms in total. The van der Waals surface area contributed by atoms with Crippen molar-refractivity contribution in [1.82, 2.24) is 14.6 Å². The molecule has 32 heavy (non-hydrogen) atoms. The Morgan fingerprint density at radius 2 is 2.00 bits per heavy atom. The predicted octanol–water partition coefficient (Wildman–Crippen LogP) is 2.42. The zero-order chi connectivity index (χ0) is 23.9. The summed E-state index contributed by atoms with van der Waals surface area (Å²) in [6.07, 6.45) is 2.47. The number of nitrogens with one attached hydrogen (secondary N) is 2. The average molecular weight is 460 g/mol. The first-order valence-electron chi connectivity index (χ1n) is 9.91. The van der Waals surface area contributed by atoms with Gasteiger partial charge in [0, 0.05) is 43.2 Å². The van der Waals surface area contributed by atoms with E-state index in [0.717, 1.165) is 36.0 Å². The summed E-state index contributed by atoms with van der Waals surface area (Å²) in [5.41, 5.74) is 2.32. The molecule has 1 amide bonds. The molecule has 0 unspecified atom stereocenters. The monoisotopic (exact) mass is 459 g/mol. The van der Waals surface area contributed by atoms with E-state index in [1.807, 2.05) is 26.0 Å². The molecular weight excluding hydrogens is 434 g/mol. The van der Waals surface area contributed by atoms with Crippen LogP contribution in [0.2, 0.25) is 0 Å². The van der Waals surface area contributed by atoms with Gasteiger partial charge in [-0.05, 0) is 44.0 Å². The number of hydrogen-bond donors (Lipinski definition) is 2. The van der Waals surface area contributed by atoms with Crippen molar-refractivity contribution in [1.29, 1.82) is 5.26 Å². The van der Waals surface area contributed by atoms with Crippen LogP contribution in [0.5, 0.6) is 0 Å². The number of nitro benzene ring substituents is 1. The maximum absolute atomic E-state index is 12.4. The largest absolute Gasteiger partial charge is 0.350 e. The van der Waals surface area contributed by atoms with Gasteiger partial charge in [-0.1, -0.05) is 13.0 Å². The molecule has 0 spiro atoms. The van der Waals surface area contributed by atoms with Gasteiger partial charge in [0.2, 0.25) is 10.0 Å². The lowest BCUT2D eigenvalue weighted by Crippen LogP contribution is -2.35. The van der Waals surface area contributed by atoms with Crippen molar-refractivity contribution in [2.75, 3.05) is 13.1 Å². The molecule has 0 aliphatic carbocycles. The van der Waals surface area contributed by atoms with Gasteiger partial charge >= 0.3 is 0 Å². The number of aryl methyl sites for hydroxylation is 1. The van der Waals surface area contributed by atoms with Gasteiger partial charge < -0.3 is 9.88 Å². The molecule has 1 aromatic carbocycles. The third kappa shape index (κ3) is 6.03. The fourth-order valence-corrected chi connectivity index (χ4v) is 4.22. The lowest BCUT2D eigenvalue weighted by molar-refractivity contribution is -0.385. The number of sulfonamides is 1. The van der Waals surface area contributed by atoms with E-state index in [-0.39, 0.29) is 29.2 Å². The molecule has 0 atom stereocenters. The summed E-state index contributed by atoms with van der Waals surface area (Å²) in [6, 6.07) is 8.43. The number of rotatable bonds is 10. The number of amides is 1. The molecule has 2 rings (SSSR count). The van der Waals surface area contributed by atoms with Crippen molar-refractivity contribution < 1.29 is 18.1 Å². The number of aromatic nitrogens is 1. The molecule has 0 saturated carbocycles. The van der Waals surface area contributed by atoms with Crippen molar-refractivity contribution in [2.24, 2.45) is 0 Å². The average Bonchev–Trinajstić information content (AvgIpc) is 3.02. The fraction of sp³-hybridized carbons (Fsp3) is 0.333. The Hall–Kier alpha value is -3.49. The van der Waals surface area contributed by atoms with Crippen molar-refractivity contribution in [3.05, 3.63) is 63.0 Å². The molecule has 0 fully saturated rings. The summed E-state index contributed by atoms with van der Waals surface area (Å²) in [5.74, 6) is -0.623. The second-order valence-electron chi connectivity index (χ2n) is 7.06. The first-order chi connectivity index (χ1) is 15.1. The minimum absolute atomic E-state index is 0.0686. The van der Waals surface area contributed by atoms with Crippen molar-refractivity contribution in [2.45, 2.75) is 38.6 Å². The highest BCUT2D eigenvalue weighted by Gasteiger charge is 2.18. The molecule has 2 N–H and O–H groups in total. The van der Waals surface area contributed by atoms with Crippen LogP contribution >= 0.6 is 0 Å². The lowest BCUT2D eigenvalue weighted by Gasteiger charge is -2.08. The van der Waals surface area contributed by atoms with E-state index in [2.05, 4.69) is 21.5 Å². The Balaban J connectivity index is 2.00. The summed E-state index contributed by atoms with van der Waals surface area (Å²) in [6.45, 7) is 6.56. The summed E-state index contributed by atoms with van der Waals surface area (Å²) >= 11 is 0. The van der Waals surface area contributed by atoms with Crippen LogP contribution in [-0.4, -0.2) is 36.9 Å². The minimum atomic E-state index is -3.99. The van der Waals surface area contributed by atoms with E-state index in [9.17, 15) is 28.6 Å². The van der Waals surface area contributed by atoms with Gasteiger partial charge in [0.05, 0.1) is 9.82 Å². The second-order valence-corrected chi connectivity index (χ2v) is 8.82. The zero-order valence-corrected chi connectivity index (χ0v) is 18.9. The molecule has 0 aliphatic rings. The Morgan fingerprint density at radius 1 is 1.28 bits per heavy atom. The molecule has 11 heteroatoms. The Kier molecular flexibility index (Phi) is 8.28. The van der Waals surface area contributed by atoms with Crippen LogP contribution in [-0.2, 0) is 21.4 Å². The van der Waals surface area contributed by atoms with Crippen LogP contribution in [0.15, 0.2) is 40.8 Å². The van der Waals surface area contributed by atoms with Gasteiger partial charge in [0.25, 0.3) is 11.6 Å². The molecule has 170 valence electrons. The molecule has 2 aromatic rings. The Morgan fingerprint density at radius 3 is 2.62 bits per heavy atom. The number of carbonyl (C=O) groups is 1. The summed E-state index contributed by atoms with van der Waals surface area (Å²) in [5, 5.41) is 22.7. The summed E-state index contributed by atoms with van der Waals surface area (Å²) < 4.78 is 29.0. The van der Waals surface area contributed by atoms with Gasteiger partial charge in [-0.15, -0.1) is 0 Å². The molecule has 0 aliphatic heterocycles. The van der Waals surface area contributed by atoms with Crippen molar-refractivity contribution in [3.8, 4) is 6.07 Å². The number of nitriles is 1. The molecule has 1 heterocycles. The van der Waals surface area contributed by atoms with Crippen LogP contribution in [0.4, 0.5) is 5.69 Å². The fourth-order valence-electron chi connectivity index (χ4n) is 3.15. The van der Waals surface area contributed by atoms with E-state index in [1.54, 1.807) is 0 Å². The number of non-ortho nitro benzene ring substituents is 1. The van der Waals surface area contributed by atoms with Crippen LogP contribution in [0.1, 0.15) is 30.3 Å². The third-order valence-corrected chi connectivity index (χ3v) is 6.23. The lowest BCUT2D eigenvalue weighted by atomic mass is 10.1. The van der Waals surface area contributed by atoms with Crippen LogP contribution in [0.25, 0.3) is 6.08 Å². The first kappa shape index (κ1) is 24.8. The topological polar surface area (TPSA) is 147 Å².